The van der Waals surface area contributed by atoms with Crippen LogP contribution in [0.15, 0.2) is 16.7 Å². The maximum Gasteiger partial charge on any atom is 0.339 e. The fourth-order valence-corrected chi connectivity index (χ4v) is 2.53. The summed E-state index contributed by atoms with van der Waals surface area (Å²) in [5.74, 6) is 0.169. The third-order valence-corrected chi connectivity index (χ3v) is 3.55. The van der Waals surface area contributed by atoms with Gasteiger partial charge in [0.15, 0.2) is 0 Å². The molecule has 2 N–H and O–H groups in total. The van der Waals surface area contributed by atoms with Crippen LogP contribution in [0.5, 0.6) is 0 Å². The molecule has 1 saturated carbocycles. The first-order valence-corrected chi connectivity index (χ1v) is 6.59. The molecule has 0 aliphatic heterocycles. The number of hydrogen-bond donors (Lipinski definition) is 2. The second kappa shape index (κ2) is 5.49. The van der Waals surface area contributed by atoms with Gasteiger partial charge in [-0.05, 0) is 40.8 Å². The van der Waals surface area contributed by atoms with Crippen molar-refractivity contribution in [2.75, 3.05) is 11.9 Å². The van der Waals surface area contributed by atoms with E-state index < -0.39 is 5.97 Å². The van der Waals surface area contributed by atoms with Crippen molar-refractivity contribution in [1.82, 2.24) is 4.98 Å². The summed E-state index contributed by atoms with van der Waals surface area (Å²) in [6.45, 7) is 0.814. The predicted octanol–water partition coefficient (Wildman–Crippen LogP) is 3.14. The van der Waals surface area contributed by atoms with E-state index in [-0.39, 0.29) is 5.56 Å². The second-order valence-corrected chi connectivity index (χ2v) is 5.30. The maximum atomic E-state index is 11.1. The minimum Gasteiger partial charge on any atom is -0.478 e. The van der Waals surface area contributed by atoms with Gasteiger partial charge in [0.2, 0.25) is 0 Å². The highest BCUT2D eigenvalue weighted by molar-refractivity contribution is 9.10. The Balaban J connectivity index is 2.06. The molecule has 1 heterocycles. The summed E-state index contributed by atoms with van der Waals surface area (Å²) in [7, 11) is 0. The Hall–Kier alpha value is -1.10. The molecule has 2 rings (SSSR count). The molecule has 1 aliphatic carbocycles. The summed E-state index contributed by atoms with van der Waals surface area (Å²) in [6, 6.07) is 1.58. The molecule has 0 radical (unpaired) electrons. The SMILES string of the molecule is O=C(O)c1cc(Br)cnc1NCC1CCCC1. The monoisotopic (exact) mass is 298 g/mol. The molecule has 5 heteroatoms. The van der Waals surface area contributed by atoms with Crippen molar-refractivity contribution in [2.24, 2.45) is 5.92 Å². The molecule has 0 amide bonds. The largest absolute Gasteiger partial charge is 0.478 e. The summed E-state index contributed by atoms with van der Waals surface area (Å²) in [5.41, 5.74) is 0.220. The third kappa shape index (κ3) is 3.19. The first-order chi connectivity index (χ1) is 8.16. The maximum absolute atomic E-state index is 11.1. The summed E-state index contributed by atoms with van der Waals surface area (Å²) >= 11 is 3.23. The van der Waals surface area contributed by atoms with Gasteiger partial charge in [0.1, 0.15) is 11.4 Å². The zero-order valence-electron chi connectivity index (χ0n) is 9.45. The van der Waals surface area contributed by atoms with Gasteiger partial charge in [0.05, 0.1) is 0 Å². The van der Waals surface area contributed by atoms with Gasteiger partial charge in [-0.2, -0.15) is 0 Å². The molecule has 0 bridgehead atoms. The van der Waals surface area contributed by atoms with Crippen LogP contribution in [-0.2, 0) is 0 Å². The van der Waals surface area contributed by atoms with Gasteiger partial charge in [-0.1, -0.05) is 12.8 Å². The van der Waals surface area contributed by atoms with Crippen molar-refractivity contribution in [1.29, 1.82) is 0 Å². The van der Waals surface area contributed by atoms with Gasteiger partial charge >= 0.3 is 5.97 Å². The minimum atomic E-state index is -0.951. The Kier molecular flexibility index (Phi) is 3.99. The minimum absolute atomic E-state index is 0.220. The summed E-state index contributed by atoms with van der Waals surface area (Å²) < 4.78 is 0.682. The lowest BCUT2D eigenvalue weighted by molar-refractivity contribution is 0.0697. The molecule has 0 unspecified atom stereocenters. The first kappa shape index (κ1) is 12.4. The zero-order valence-corrected chi connectivity index (χ0v) is 11.0. The predicted molar refractivity (Wildman–Crippen MR) is 69.3 cm³/mol. The topological polar surface area (TPSA) is 62.2 Å². The Labute approximate surface area is 109 Å². The van der Waals surface area contributed by atoms with Crippen molar-refractivity contribution in [2.45, 2.75) is 25.7 Å². The van der Waals surface area contributed by atoms with Crippen LogP contribution in [0.3, 0.4) is 0 Å². The van der Waals surface area contributed by atoms with Crippen molar-refractivity contribution in [3.05, 3.63) is 22.3 Å². The number of carbonyl (C=O) groups is 1. The lowest BCUT2D eigenvalue weighted by Gasteiger charge is -2.12. The lowest BCUT2D eigenvalue weighted by atomic mass is 10.1. The highest BCUT2D eigenvalue weighted by Gasteiger charge is 2.17. The highest BCUT2D eigenvalue weighted by Crippen LogP contribution is 2.25. The van der Waals surface area contributed by atoms with Gasteiger partial charge < -0.3 is 10.4 Å². The molecule has 1 aromatic rings. The van der Waals surface area contributed by atoms with Gasteiger partial charge in [0.25, 0.3) is 0 Å². The van der Waals surface area contributed by atoms with Crippen molar-refractivity contribution in [3.63, 3.8) is 0 Å². The molecule has 1 aromatic heterocycles. The number of carboxylic acids is 1. The Morgan fingerprint density at radius 2 is 2.24 bits per heavy atom. The van der Waals surface area contributed by atoms with E-state index in [0.717, 1.165) is 6.54 Å². The molecule has 0 aromatic carbocycles. The van der Waals surface area contributed by atoms with Crippen LogP contribution in [0.1, 0.15) is 36.0 Å². The molecule has 1 fully saturated rings. The number of carboxylic acid groups (broad SMARTS) is 1. The Morgan fingerprint density at radius 3 is 2.88 bits per heavy atom. The molecule has 17 heavy (non-hydrogen) atoms. The summed E-state index contributed by atoms with van der Waals surface area (Å²) in [6.07, 6.45) is 6.64. The number of halogens is 1. The van der Waals surface area contributed by atoms with Gasteiger partial charge in [-0.25, -0.2) is 9.78 Å². The number of hydrogen-bond acceptors (Lipinski definition) is 3. The van der Waals surface area contributed by atoms with Crippen molar-refractivity contribution >= 4 is 27.7 Å². The van der Waals surface area contributed by atoms with Crippen LogP contribution < -0.4 is 5.32 Å². The van der Waals surface area contributed by atoms with E-state index >= 15 is 0 Å². The molecular formula is C12H15BrN2O2. The smallest absolute Gasteiger partial charge is 0.339 e. The van der Waals surface area contributed by atoms with E-state index in [1.807, 2.05) is 0 Å². The van der Waals surface area contributed by atoms with E-state index in [0.29, 0.717) is 16.2 Å². The van der Waals surface area contributed by atoms with Crippen LogP contribution in [0.2, 0.25) is 0 Å². The van der Waals surface area contributed by atoms with Crippen LogP contribution in [0, 0.1) is 5.92 Å². The molecule has 92 valence electrons. The van der Waals surface area contributed by atoms with Crippen molar-refractivity contribution in [3.8, 4) is 0 Å². The molecule has 1 aliphatic rings. The number of aromatic nitrogens is 1. The average molecular weight is 299 g/mol. The van der Waals surface area contributed by atoms with E-state index in [2.05, 4.69) is 26.2 Å². The van der Waals surface area contributed by atoms with Crippen LogP contribution in [-0.4, -0.2) is 22.6 Å². The Bertz CT molecular complexity index is 417. The molecule has 4 nitrogen and oxygen atoms in total. The fourth-order valence-electron chi connectivity index (χ4n) is 2.20. The van der Waals surface area contributed by atoms with E-state index in [9.17, 15) is 4.79 Å². The van der Waals surface area contributed by atoms with Crippen LogP contribution in [0.25, 0.3) is 0 Å². The van der Waals surface area contributed by atoms with Crippen molar-refractivity contribution < 1.29 is 9.90 Å². The van der Waals surface area contributed by atoms with E-state index in [1.165, 1.54) is 25.7 Å². The summed E-state index contributed by atoms with van der Waals surface area (Å²) in [4.78, 5) is 15.2. The Morgan fingerprint density at radius 1 is 1.53 bits per heavy atom. The van der Waals surface area contributed by atoms with Crippen LogP contribution in [0.4, 0.5) is 5.82 Å². The fraction of sp³-hybridized carbons (Fsp3) is 0.500. The third-order valence-electron chi connectivity index (χ3n) is 3.12. The van der Waals surface area contributed by atoms with Gasteiger partial charge in [-0.3, -0.25) is 0 Å². The highest BCUT2D eigenvalue weighted by atomic mass is 79.9. The summed E-state index contributed by atoms with van der Waals surface area (Å²) in [5, 5.41) is 12.2. The number of nitrogens with zero attached hydrogens (tertiary/aromatic N) is 1. The number of nitrogens with one attached hydrogen (secondary N) is 1. The second-order valence-electron chi connectivity index (χ2n) is 4.39. The number of anilines is 1. The number of rotatable bonds is 4. The number of pyridine rings is 1. The first-order valence-electron chi connectivity index (χ1n) is 5.79. The average Bonchev–Trinajstić information content (AvgIpc) is 2.80. The molecule has 0 saturated heterocycles. The molecule has 0 spiro atoms. The van der Waals surface area contributed by atoms with E-state index in [4.69, 9.17) is 5.11 Å². The van der Waals surface area contributed by atoms with Gasteiger partial charge in [0, 0.05) is 17.2 Å². The zero-order chi connectivity index (χ0) is 12.3. The lowest BCUT2D eigenvalue weighted by Crippen LogP contribution is -2.14. The van der Waals surface area contributed by atoms with Gasteiger partial charge in [-0.15, -0.1) is 0 Å². The normalized spacial score (nSPS) is 16.1. The van der Waals surface area contributed by atoms with E-state index in [1.54, 1.807) is 12.3 Å². The van der Waals surface area contributed by atoms with Crippen LogP contribution >= 0.6 is 15.9 Å². The standard InChI is InChI=1S/C12H15BrN2O2/c13-9-5-10(12(16)17)11(15-7-9)14-6-8-3-1-2-4-8/h5,7-8H,1-4,6H2,(H,14,15)(H,16,17). The molecule has 0 atom stereocenters. The quantitative estimate of drug-likeness (QED) is 0.896. The number of aromatic carboxylic acids is 1. The molecular weight excluding hydrogens is 284 g/mol.